The topological polar surface area (TPSA) is 66.5 Å². The predicted octanol–water partition coefficient (Wildman–Crippen LogP) is 0.593. The van der Waals surface area contributed by atoms with E-state index in [9.17, 15) is 0 Å². The molecule has 0 aromatic rings. The number of hydrogen-bond donors (Lipinski definition) is 3. The summed E-state index contributed by atoms with van der Waals surface area (Å²) < 4.78 is 0. The molecular formula is C8H18BNO2S. The third-order valence-electron chi connectivity index (χ3n) is 2.12. The van der Waals surface area contributed by atoms with Crippen molar-refractivity contribution < 1.29 is 10.0 Å². The van der Waals surface area contributed by atoms with Gasteiger partial charge in [0.1, 0.15) is 0 Å². The van der Waals surface area contributed by atoms with Crippen molar-refractivity contribution in [2.75, 3.05) is 0 Å². The van der Waals surface area contributed by atoms with Crippen LogP contribution in [0.5, 0.6) is 0 Å². The molecule has 0 fully saturated rings. The van der Waals surface area contributed by atoms with Gasteiger partial charge in [-0.3, -0.25) is 0 Å². The van der Waals surface area contributed by atoms with Crippen molar-refractivity contribution in [3.8, 4) is 0 Å². The quantitative estimate of drug-likeness (QED) is 0.452. The molecule has 0 saturated heterocycles. The van der Waals surface area contributed by atoms with E-state index in [1.54, 1.807) is 6.92 Å². The van der Waals surface area contributed by atoms with E-state index in [0.717, 1.165) is 4.86 Å². The van der Waals surface area contributed by atoms with Crippen LogP contribution in [0, 0.1) is 5.92 Å². The Kier molecular flexibility index (Phi) is 5.71. The van der Waals surface area contributed by atoms with Crippen LogP contribution in [0.3, 0.4) is 0 Å². The summed E-state index contributed by atoms with van der Waals surface area (Å²) in [5.74, 6) is 0.0628. The van der Waals surface area contributed by atoms with E-state index < -0.39 is 7.12 Å². The smallest absolute Gasteiger partial charge is 0.427 e. The second-order valence-corrected chi connectivity index (χ2v) is 4.36. The highest BCUT2D eigenvalue weighted by Gasteiger charge is 2.22. The predicted molar refractivity (Wildman–Crippen MR) is 59.6 cm³/mol. The molecule has 0 spiro atoms. The lowest BCUT2D eigenvalue weighted by Gasteiger charge is -2.19. The van der Waals surface area contributed by atoms with E-state index in [1.807, 2.05) is 13.8 Å². The highest BCUT2D eigenvalue weighted by Crippen LogP contribution is 2.15. The van der Waals surface area contributed by atoms with E-state index in [2.05, 4.69) is 0 Å². The summed E-state index contributed by atoms with van der Waals surface area (Å²) in [6.07, 6.45) is 0.492. The Morgan fingerprint density at radius 3 is 2.15 bits per heavy atom. The molecule has 3 nitrogen and oxygen atoms in total. The maximum Gasteiger partial charge on any atom is 0.454 e. The van der Waals surface area contributed by atoms with Gasteiger partial charge in [0.2, 0.25) is 0 Å². The van der Waals surface area contributed by atoms with Crippen LogP contribution in [0.25, 0.3) is 0 Å². The second kappa shape index (κ2) is 5.70. The normalized spacial score (nSPS) is 15.6. The molecule has 76 valence electrons. The monoisotopic (exact) mass is 203 g/mol. The lowest BCUT2D eigenvalue weighted by molar-refractivity contribution is 0.389. The minimum absolute atomic E-state index is 0.129. The Balaban J connectivity index is 4.00. The molecule has 0 radical (unpaired) electrons. The molecule has 0 heterocycles. The van der Waals surface area contributed by atoms with E-state index >= 15 is 0 Å². The highest BCUT2D eigenvalue weighted by molar-refractivity contribution is 7.80. The fourth-order valence-electron chi connectivity index (χ4n) is 0.931. The second-order valence-electron chi connectivity index (χ2n) is 3.83. The summed E-state index contributed by atoms with van der Waals surface area (Å²) in [5, 5.41) is 17.7. The average molecular weight is 203 g/mol. The Hall–Kier alpha value is 0.0349. The maximum atomic E-state index is 8.85. The van der Waals surface area contributed by atoms with Crippen molar-refractivity contribution in [1.82, 2.24) is 0 Å². The van der Waals surface area contributed by atoms with Crippen LogP contribution >= 0.6 is 12.2 Å². The molecule has 0 aromatic carbocycles. The van der Waals surface area contributed by atoms with Gasteiger partial charge in [-0.15, -0.1) is 0 Å². The number of rotatable bonds is 5. The first-order valence-electron chi connectivity index (χ1n) is 4.50. The molecular weight excluding hydrogens is 185 g/mol. The molecule has 13 heavy (non-hydrogen) atoms. The zero-order chi connectivity index (χ0) is 10.6. The van der Waals surface area contributed by atoms with Crippen LogP contribution < -0.4 is 5.73 Å². The van der Waals surface area contributed by atoms with Crippen molar-refractivity contribution in [2.45, 2.75) is 39.1 Å². The third kappa shape index (κ3) is 4.71. The average Bonchev–Trinajstić information content (AvgIpc) is 2.02. The van der Waals surface area contributed by atoms with Gasteiger partial charge in [0, 0.05) is 10.9 Å². The van der Waals surface area contributed by atoms with Crippen molar-refractivity contribution in [2.24, 2.45) is 11.7 Å². The first-order chi connectivity index (χ1) is 5.86. The van der Waals surface area contributed by atoms with Crippen LogP contribution in [0.1, 0.15) is 27.2 Å². The largest absolute Gasteiger partial charge is 0.454 e. The van der Waals surface area contributed by atoms with Crippen LogP contribution in [-0.4, -0.2) is 28.1 Å². The third-order valence-corrected chi connectivity index (χ3v) is 2.56. The Labute approximate surface area is 85.5 Å². The summed E-state index contributed by atoms with van der Waals surface area (Å²) in [5.41, 5.74) is 5.80. The van der Waals surface area contributed by atoms with E-state index in [1.165, 1.54) is 0 Å². The minimum atomic E-state index is -1.31. The Morgan fingerprint density at radius 1 is 1.38 bits per heavy atom. The summed E-state index contributed by atoms with van der Waals surface area (Å²) in [6, 6.07) is -0.129. The first kappa shape index (κ1) is 13.0. The number of thiocarbonyl (C=S) groups is 1. The minimum Gasteiger partial charge on any atom is -0.427 e. The van der Waals surface area contributed by atoms with Crippen LogP contribution in [0.2, 0.25) is 5.82 Å². The molecule has 0 rings (SSSR count). The molecule has 0 amide bonds. The van der Waals surface area contributed by atoms with Crippen LogP contribution in [-0.2, 0) is 0 Å². The molecule has 0 aliphatic rings. The molecule has 2 atom stereocenters. The molecule has 0 aliphatic carbocycles. The van der Waals surface area contributed by atoms with Gasteiger partial charge >= 0.3 is 7.12 Å². The Morgan fingerprint density at radius 2 is 1.85 bits per heavy atom. The van der Waals surface area contributed by atoms with Gasteiger partial charge in [0.15, 0.2) is 0 Å². The van der Waals surface area contributed by atoms with Crippen LogP contribution in [0.15, 0.2) is 0 Å². The van der Waals surface area contributed by atoms with E-state index in [4.69, 9.17) is 28.0 Å². The first-order valence-corrected chi connectivity index (χ1v) is 4.91. The van der Waals surface area contributed by atoms with Crippen molar-refractivity contribution in [1.29, 1.82) is 0 Å². The molecule has 0 aliphatic heterocycles. The molecule has 0 aromatic heterocycles. The fourth-order valence-corrected chi connectivity index (χ4v) is 1.47. The molecule has 0 bridgehead atoms. The maximum absolute atomic E-state index is 8.85. The summed E-state index contributed by atoms with van der Waals surface area (Å²) in [7, 11) is -1.31. The van der Waals surface area contributed by atoms with Gasteiger partial charge in [-0.25, -0.2) is 0 Å². The van der Waals surface area contributed by atoms with E-state index in [-0.39, 0.29) is 11.9 Å². The summed E-state index contributed by atoms with van der Waals surface area (Å²) in [6.45, 7) is 5.73. The zero-order valence-electron chi connectivity index (χ0n) is 8.40. The number of nitrogens with two attached hydrogens (primary N) is 1. The molecule has 4 N–H and O–H groups in total. The highest BCUT2D eigenvalue weighted by atomic mass is 32.1. The molecule has 5 heteroatoms. The van der Waals surface area contributed by atoms with Crippen molar-refractivity contribution in [3.63, 3.8) is 0 Å². The van der Waals surface area contributed by atoms with Gasteiger partial charge in [-0.05, 0) is 18.2 Å². The fraction of sp³-hybridized carbons (Fsp3) is 0.875. The van der Waals surface area contributed by atoms with Gasteiger partial charge in [-0.2, -0.15) is 0 Å². The van der Waals surface area contributed by atoms with Crippen LogP contribution in [0.4, 0.5) is 0 Å². The molecule has 0 saturated carbocycles. The summed E-state index contributed by atoms with van der Waals surface area (Å²) >= 11 is 5.10. The SMILES string of the molecule is CC(C)[C@H](N)C(=S)C[C@@H](C)B(O)O. The summed E-state index contributed by atoms with van der Waals surface area (Å²) in [4.78, 5) is 0.718. The molecule has 0 unspecified atom stereocenters. The van der Waals surface area contributed by atoms with Gasteiger partial charge < -0.3 is 15.8 Å². The van der Waals surface area contributed by atoms with Gasteiger partial charge in [0.25, 0.3) is 0 Å². The van der Waals surface area contributed by atoms with Gasteiger partial charge in [-0.1, -0.05) is 33.0 Å². The Bertz CT molecular complexity index is 176. The standard InChI is InChI=1S/C8H18BNO2S/c1-5(2)8(10)7(13)4-6(3)9(11)12/h5-6,8,11-12H,4,10H2,1-3H3/t6-,8+/m1/s1. The van der Waals surface area contributed by atoms with E-state index in [0.29, 0.717) is 12.3 Å². The lowest BCUT2D eigenvalue weighted by Crippen LogP contribution is -2.36. The zero-order valence-corrected chi connectivity index (χ0v) is 9.21. The number of hydrogen-bond acceptors (Lipinski definition) is 4. The van der Waals surface area contributed by atoms with Crippen molar-refractivity contribution >= 4 is 24.2 Å². The van der Waals surface area contributed by atoms with Gasteiger partial charge in [0.05, 0.1) is 0 Å². The lowest BCUT2D eigenvalue weighted by atomic mass is 9.71. The van der Waals surface area contributed by atoms with Crippen molar-refractivity contribution in [3.05, 3.63) is 0 Å².